The van der Waals surface area contributed by atoms with E-state index in [-0.39, 0.29) is 17.2 Å². The van der Waals surface area contributed by atoms with Gasteiger partial charge < -0.3 is 4.74 Å². The molecule has 0 aliphatic rings. The van der Waals surface area contributed by atoms with Crippen LogP contribution in [0.2, 0.25) is 0 Å². The van der Waals surface area contributed by atoms with Gasteiger partial charge in [0.15, 0.2) is 0 Å². The van der Waals surface area contributed by atoms with Gasteiger partial charge in [-0.15, -0.1) is 0 Å². The molecule has 0 fully saturated rings. The maximum Gasteiger partial charge on any atom is 0.272 e. The molecule has 1 aromatic carbocycles. The molecular weight excluding hydrogens is 324 g/mol. The van der Waals surface area contributed by atoms with Gasteiger partial charge >= 0.3 is 0 Å². The number of hydrogen-bond donors (Lipinski definition) is 0. The van der Waals surface area contributed by atoms with Crippen molar-refractivity contribution in [2.45, 2.75) is 18.9 Å². The van der Waals surface area contributed by atoms with Gasteiger partial charge in [0.2, 0.25) is 0 Å². The molecule has 0 aliphatic carbocycles. The molecule has 0 aliphatic heterocycles. The molecule has 2 rings (SSSR count). The molecule has 0 N–H and O–H groups in total. The highest BCUT2D eigenvalue weighted by atomic mass is 79.9. The van der Waals surface area contributed by atoms with Crippen molar-refractivity contribution in [3.63, 3.8) is 0 Å². The van der Waals surface area contributed by atoms with Crippen molar-refractivity contribution >= 4 is 21.6 Å². The summed E-state index contributed by atoms with van der Waals surface area (Å²) in [6.45, 7) is 2.01. The molecule has 20 heavy (non-hydrogen) atoms. The second kappa shape index (κ2) is 6.47. The van der Waals surface area contributed by atoms with Gasteiger partial charge in [-0.3, -0.25) is 15.1 Å². The summed E-state index contributed by atoms with van der Waals surface area (Å²) in [6.07, 6.45) is 1.64. The fraction of sp³-hybridized carbons (Fsp3) is 0.214. The third-order valence-corrected chi connectivity index (χ3v) is 3.52. The van der Waals surface area contributed by atoms with Gasteiger partial charge in [0.05, 0.1) is 16.8 Å². The standard InChI is InChI=1S/C14H13BrN2O3/c1-10-11(3-2-4-14(10)17(18)19)9-20-13-6-5-12(7-15)16-8-13/h2-6,8H,7,9H2,1H3. The lowest BCUT2D eigenvalue weighted by atomic mass is 10.1. The molecule has 0 radical (unpaired) electrons. The van der Waals surface area contributed by atoms with Gasteiger partial charge in [0.25, 0.3) is 5.69 Å². The number of nitrogens with zero attached hydrogens (tertiary/aromatic N) is 2. The molecule has 1 aromatic heterocycles. The molecular formula is C14H13BrN2O3. The monoisotopic (exact) mass is 336 g/mol. The Morgan fingerprint density at radius 3 is 2.75 bits per heavy atom. The van der Waals surface area contributed by atoms with Gasteiger partial charge in [0, 0.05) is 17.0 Å². The number of aromatic nitrogens is 1. The molecule has 0 unspecified atom stereocenters. The number of nitro groups is 1. The first kappa shape index (κ1) is 14.5. The van der Waals surface area contributed by atoms with Crippen LogP contribution in [0.15, 0.2) is 36.5 Å². The second-order valence-electron chi connectivity index (χ2n) is 4.23. The molecule has 0 bridgehead atoms. The summed E-state index contributed by atoms with van der Waals surface area (Å²) in [5, 5.41) is 11.6. The zero-order valence-corrected chi connectivity index (χ0v) is 12.5. The number of hydrogen-bond acceptors (Lipinski definition) is 4. The smallest absolute Gasteiger partial charge is 0.272 e. The Balaban J connectivity index is 2.10. The van der Waals surface area contributed by atoms with E-state index < -0.39 is 0 Å². The first-order valence-corrected chi connectivity index (χ1v) is 7.10. The van der Waals surface area contributed by atoms with E-state index in [4.69, 9.17) is 4.74 Å². The molecule has 0 atom stereocenters. The summed E-state index contributed by atoms with van der Waals surface area (Å²) >= 11 is 3.32. The average molecular weight is 337 g/mol. The Hall–Kier alpha value is -1.95. The van der Waals surface area contributed by atoms with Crippen LogP contribution < -0.4 is 4.74 Å². The third kappa shape index (κ3) is 3.33. The molecule has 0 saturated carbocycles. The van der Waals surface area contributed by atoms with E-state index in [1.807, 2.05) is 18.2 Å². The quantitative estimate of drug-likeness (QED) is 0.473. The largest absolute Gasteiger partial charge is 0.487 e. The predicted molar refractivity (Wildman–Crippen MR) is 79.0 cm³/mol. The minimum absolute atomic E-state index is 0.110. The lowest BCUT2D eigenvalue weighted by molar-refractivity contribution is -0.385. The van der Waals surface area contributed by atoms with E-state index in [2.05, 4.69) is 20.9 Å². The predicted octanol–water partition coefficient (Wildman–Crippen LogP) is 3.77. The number of pyridine rings is 1. The lowest BCUT2D eigenvalue weighted by Crippen LogP contribution is -2.01. The molecule has 2 aromatic rings. The Labute approximate surface area is 124 Å². The maximum absolute atomic E-state index is 10.9. The van der Waals surface area contributed by atoms with Crippen LogP contribution in [0.1, 0.15) is 16.8 Å². The average Bonchev–Trinajstić information content (AvgIpc) is 2.46. The van der Waals surface area contributed by atoms with E-state index in [0.717, 1.165) is 11.3 Å². The minimum atomic E-state index is -0.384. The lowest BCUT2D eigenvalue weighted by Gasteiger charge is -2.09. The van der Waals surface area contributed by atoms with Crippen molar-refractivity contribution in [2.75, 3.05) is 0 Å². The topological polar surface area (TPSA) is 65.3 Å². The molecule has 0 spiro atoms. The third-order valence-electron chi connectivity index (χ3n) is 2.94. The molecule has 104 valence electrons. The van der Waals surface area contributed by atoms with Crippen LogP contribution in [0, 0.1) is 17.0 Å². The van der Waals surface area contributed by atoms with Crippen LogP contribution in [0.3, 0.4) is 0 Å². The van der Waals surface area contributed by atoms with E-state index in [9.17, 15) is 10.1 Å². The summed E-state index contributed by atoms with van der Waals surface area (Å²) in [7, 11) is 0. The van der Waals surface area contributed by atoms with Gasteiger partial charge in [-0.05, 0) is 24.6 Å². The van der Waals surface area contributed by atoms with Gasteiger partial charge in [-0.25, -0.2) is 0 Å². The Bertz CT molecular complexity index is 614. The minimum Gasteiger partial charge on any atom is -0.487 e. The Morgan fingerprint density at radius 1 is 1.35 bits per heavy atom. The zero-order valence-electron chi connectivity index (χ0n) is 10.9. The van der Waals surface area contributed by atoms with E-state index in [0.29, 0.717) is 16.6 Å². The summed E-state index contributed by atoms with van der Waals surface area (Å²) in [4.78, 5) is 14.7. The van der Waals surface area contributed by atoms with Crippen LogP contribution >= 0.6 is 15.9 Å². The van der Waals surface area contributed by atoms with Crippen LogP contribution in [0.4, 0.5) is 5.69 Å². The van der Waals surface area contributed by atoms with Gasteiger partial charge in [-0.2, -0.15) is 0 Å². The SMILES string of the molecule is Cc1c(COc2ccc(CBr)nc2)cccc1[N+](=O)[O-]. The van der Waals surface area contributed by atoms with Crippen LogP contribution in [0.5, 0.6) is 5.75 Å². The van der Waals surface area contributed by atoms with E-state index in [1.165, 1.54) is 6.07 Å². The summed E-state index contributed by atoms with van der Waals surface area (Å²) in [6, 6.07) is 8.67. The maximum atomic E-state index is 10.9. The number of rotatable bonds is 5. The first-order chi connectivity index (χ1) is 9.61. The highest BCUT2D eigenvalue weighted by molar-refractivity contribution is 9.08. The van der Waals surface area contributed by atoms with Crippen molar-refractivity contribution in [3.8, 4) is 5.75 Å². The highest BCUT2D eigenvalue weighted by Crippen LogP contribution is 2.22. The molecule has 6 heteroatoms. The van der Waals surface area contributed by atoms with Crippen molar-refractivity contribution in [2.24, 2.45) is 0 Å². The van der Waals surface area contributed by atoms with Crippen molar-refractivity contribution in [3.05, 3.63) is 63.5 Å². The number of ether oxygens (including phenoxy) is 1. The van der Waals surface area contributed by atoms with Crippen LogP contribution in [0.25, 0.3) is 0 Å². The van der Waals surface area contributed by atoms with E-state index >= 15 is 0 Å². The first-order valence-electron chi connectivity index (χ1n) is 5.98. The van der Waals surface area contributed by atoms with Crippen molar-refractivity contribution in [1.29, 1.82) is 0 Å². The number of alkyl halides is 1. The van der Waals surface area contributed by atoms with Crippen LogP contribution in [-0.4, -0.2) is 9.91 Å². The van der Waals surface area contributed by atoms with Gasteiger partial charge in [0.1, 0.15) is 12.4 Å². The molecule has 0 amide bonds. The number of benzene rings is 1. The number of halogens is 1. The molecule has 5 nitrogen and oxygen atoms in total. The number of nitro benzene ring substituents is 1. The molecule has 0 saturated heterocycles. The summed E-state index contributed by atoms with van der Waals surface area (Å²) < 4.78 is 5.61. The Morgan fingerprint density at radius 2 is 2.15 bits per heavy atom. The Kier molecular flexibility index (Phi) is 4.68. The second-order valence-corrected chi connectivity index (χ2v) is 4.79. The fourth-order valence-electron chi connectivity index (χ4n) is 1.76. The summed E-state index contributed by atoms with van der Waals surface area (Å²) in [5.74, 6) is 0.639. The highest BCUT2D eigenvalue weighted by Gasteiger charge is 2.13. The van der Waals surface area contributed by atoms with Crippen molar-refractivity contribution < 1.29 is 9.66 Å². The van der Waals surface area contributed by atoms with E-state index in [1.54, 1.807) is 19.2 Å². The van der Waals surface area contributed by atoms with Crippen molar-refractivity contribution in [1.82, 2.24) is 4.98 Å². The van der Waals surface area contributed by atoms with Crippen LogP contribution in [-0.2, 0) is 11.9 Å². The summed E-state index contributed by atoms with van der Waals surface area (Å²) in [5.41, 5.74) is 2.45. The molecule has 1 heterocycles. The van der Waals surface area contributed by atoms with Gasteiger partial charge in [-0.1, -0.05) is 28.1 Å². The fourth-order valence-corrected chi connectivity index (χ4v) is 2.09. The normalized spacial score (nSPS) is 10.3. The zero-order chi connectivity index (χ0) is 14.5.